The molecule has 0 fully saturated rings. The fraction of sp³-hybridized carbons (Fsp3) is 0.850. The van der Waals surface area contributed by atoms with Crippen molar-refractivity contribution in [3.8, 4) is 0 Å². The van der Waals surface area contributed by atoms with Crippen LogP contribution in [-0.2, 0) is 24.8 Å². The van der Waals surface area contributed by atoms with Gasteiger partial charge in [-0.2, -0.15) is 43.2 Å². The van der Waals surface area contributed by atoms with Crippen molar-refractivity contribution in [2.75, 3.05) is 26.7 Å². The van der Waals surface area contributed by atoms with Crippen molar-refractivity contribution in [3.63, 3.8) is 0 Å². The van der Waals surface area contributed by atoms with Crippen LogP contribution in [0.3, 0.4) is 0 Å². The zero-order valence-electron chi connectivity index (χ0n) is 20.0. The lowest BCUT2D eigenvalue weighted by Gasteiger charge is -2.16. The molecular weight excluding hydrogens is 526 g/mol. The van der Waals surface area contributed by atoms with Gasteiger partial charge >= 0.3 is 37.0 Å². The molecule has 0 aliphatic rings. The fourth-order valence-electron chi connectivity index (χ4n) is 3.03. The molecule has 0 saturated carbocycles. The molecular formula is C20H35F6N2O5S2+. The van der Waals surface area contributed by atoms with Crippen LogP contribution in [0.5, 0.6) is 0 Å². The second kappa shape index (κ2) is 15.0. The summed E-state index contributed by atoms with van der Waals surface area (Å²) in [6, 6.07) is 0. The maximum Gasteiger partial charge on any atom is 0.561 e. The molecule has 0 rings (SSSR count). The van der Waals surface area contributed by atoms with E-state index in [0.717, 1.165) is 32.1 Å². The van der Waals surface area contributed by atoms with Gasteiger partial charge in [0.2, 0.25) is 0 Å². The minimum absolute atomic E-state index is 0.0132. The molecule has 0 heterocycles. The van der Waals surface area contributed by atoms with Crippen LogP contribution in [0.15, 0.2) is 12.7 Å². The molecule has 0 atom stereocenters. The van der Waals surface area contributed by atoms with Gasteiger partial charge in [0.05, 0.1) is 3.39 Å². The number of halogens is 6. The van der Waals surface area contributed by atoms with Crippen LogP contribution >= 0.6 is 0 Å². The van der Waals surface area contributed by atoms with E-state index in [0.29, 0.717) is 6.54 Å². The first-order chi connectivity index (χ1) is 16.0. The summed E-state index contributed by atoms with van der Waals surface area (Å²) in [5.41, 5.74) is -12.7. The third-order valence-corrected chi connectivity index (χ3v) is 8.57. The second-order valence-electron chi connectivity index (χ2n) is 7.97. The van der Waals surface area contributed by atoms with Crippen molar-refractivity contribution >= 4 is 25.9 Å². The first kappa shape index (κ1) is 33.7. The van der Waals surface area contributed by atoms with Crippen molar-refractivity contribution in [1.29, 1.82) is 0 Å². The van der Waals surface area contributed by atoms with E-state index in [1.54, 1.807) is 11.9 Å². The maximum absolute atomic E-state index is 12.9. The summed E-state index contributed by atoms with van der Waals surface area (Å²) in [6.07, 6.45) is 11.3. The minimum Gasteiger partial charge on any atom is -0.441 e. The first-order valence-electron chi connectivity index (χ1n) is 11.3. The summed E-state index contributed by atoms with van der Waals surface area (Å²) in [5, 5.41) is 0. The van der Waals surface area contributed by atoms with E-state index < -0.39 is 47.0 Å². The van der Waals surface area contributed by atoms with E-state index >= 15 is 0 Å². The van der Waals surface area contributed by atoms with Gasteiger partial charge in [0.1, 0.15) is 6.61 Å². The van der Waals surface area contributed by atoms with E-state index in [1.165, 1.54) is 32.1 Å². The van der Waals surface area contributed by atoms with Gasteiger partial charge in [0.15, 0.2) is 0 Å². The van der Waals surface area contributed by atoms with E-state index in [1.807, 2.05) is 0 Å². The van der Waals surface area contributed by atoms with E-state index in [9.17, 15) is 43.2 Å². The Labute approximate surface area is 203 Å². The average molecular weight is 562 g/mol. The number of ether oxygens (including phenoxy) is 1. The van der Waals surface area contributed by atoms with Gasteiger partial charge in [-0.15, -0.1) is 0 Å². The summed E-state index contributed by atoms with van der Waals surface area (Å²) >= 11 is 0. The van der Waals surface area contributed by atoms with Crippen LogP contribution < -0.4 is 0 Å². The summed E-state index contributed by atoms with van der Waals surface area (Å²) in [4.78, 5) is 1.67. The molecule has 0 N–H and O–H groups in total. The van der Waals surface area contributed by atoms with Crippen molar-refractivity contribution in [2.45, 2.75) is 82.1 Å². The molecule has 0 bridgehead atoms. The molecule has 15 heteroatoms. The fourth-order valence-corrected chi connectivity index (χ4v) is 5.67. The van der Waals surface area contributed by atoms with E-state index in [-0.39, 0.29) is 12.6 Å². The molecule has 7 nitrogen and oxygen atoms in total. The number of unbranched alkanes of at least 4 members (excludes halogenated alkanes) is 9. The van der Waals surface area contributed by atoms with Crippen LogP contribution in [0.4, 0.5) is 26.3 Å². The molecule has 0 aromatic carbocycles. The maximum atomic E-state index is 12.9. The molecule has 0 radical (unpaired) electrons. The van der Waals surface area contributed by atoms with Gasteiger partial charge in [-0.3, -0.25) is 0 Å². The second-order valence-corrected chi connectivity index (χ2v) is 11.8. The van der Waals surface area contributed by atoms with E-state index in [4.69, 9.17) is 4.74 Å². The molecule has 0 aromatic heterocycles. The highest BCUT2D eigenvalue weighted by Gasteiger charge is 2.68. The molecule has 35 heavy (non-hydrogen) atoms. The normalized spacial score (nSPS) is 13.2. The number of nitrogens with zero attached hydrogens (tertiary/aromatic N) is 2. The standard InChI is InChI=1S/C20H35F6N2O5S2/c1-4-6-7-8-9-10-11-12-13-14-15-27(3)16-17-33-18(5-2)28(34(29,30)19(21,22)23)35(31,32)20(24,25)26/h5H,2,4,6-17H2,1,3H3/q+1. The van der Waals surface area contributed by atoms with Gasteiger partial charge in [0, 0.05) is 12.6 Å². The zero-order chi connectivity index (χ0) is 27.3. The number of rotatable bonds is 17. The Morgan fingerprint density at radius 3 is 1.57 bits per heavy atom. The minimum atomic E-state index is -7.00. The summed E-state index contributed by atoms with van der Waals surface area (Å²) in [5.74, 6) is -1.72. The van der Waals surface area contributed by atoms with Crippen LogP contribution in [-0.4, -0.2) is 68.8 Å². The van der Waals surface area contributed by atoms with Crippen LogP contribution in [0.25, 0.3) is 0 Å². The Balaban J connectivity index is 4.96. The van der Waals surface area contributed by atoms with Crippen molar-refractivity contribution in [3.05, 3.63) is 12.7 Å². The van der Waals surface area contributed by atoms with Gasteiger partial charge in [0.25, 0.3) is 0 Å². The molecule has 0 aliphatic carbocycles. The number of likely N-dealkylation sites (N-methyl/N-ethyl adjacent to an activating group) is 1. The highest BCUT2D eigenvalue weighted by atomic mass is 32.3. The van der Waals surface area contributed by atoms with Crippen molar-refractivity contribution in [1.82, 2.24) is 4.90 Å². The molecule has 0 amide bonds. The van der Waals surface area contributed by atoms with Crippen LogP contribution in [0, 0.1) is 0 Å². The number of hydrogen-bond acceptors (Lipinski definition) is 6. The molecule has 0 unspecified atom stereocenters. The first-order valence-corrected chi connectivity index (χ1v) is 14.2. The molecule has 208 valence electrons. The predicted octanol–water partition coefficient (Wildman–Crippen LogP) is 5.15. The topological polar surface area (TPSA) is 83.8 Å². The van der Waals surface area contributed by atoms with Crippen molar-refractivity contribution < 1.29 is 51.3 Å². The highest BCUT2D eigenvalue weighted by Crippen LogP contribution is 2.32. The quantitative estimate of drug-likeness (QED) is 0.0803. The molecule has 0 spiro atoms. The third kappa shape index (κ3) is 11.1. The Hall–Kier alpha value is -1.35. The lowest BCUT2D eigenvalue weighted by molar-refractivity contribution is -0.244. The zero-order valence-corrected chi connectivity index (χ0v) is 21.6. The Morgan fingerprint density at radius 1 is 0.800 bits per heavy atom. The lowest BCUT2D eigenvalue weighted by atomic mass is 10.1. The Kier molecular flexibility index (Phi) is 14.4. The summed E-state index contributed by atoms with van der Waals surface area (Å²) < 4.78 is 127. The number of alkyl halides is 6. The largest absolute Gasteiger partial charge is 0.561 e. The van der Waals surface area contributed by atoms with Crippen LogP contribution in [0.2, 0.25) is 0 Å². The monoisotopic (exact) mass is 561 g/mol. The molecule has 0 saturated heterocycles. The number of sulfonamides is 2. The van der Waals surface area contributed by atoms with Crippen molar-refractivity contribution in [2.24, 2.45) is 0 Å². The van der Waals surface area contributed by atoms with Crippen LogP contribution in [0.1, 0.15) is 71.1 Å². The Bertz CT molecular complexity index is 839. The van der Waals surface area contributed by atoms with Gasteiger partial charge in [-0.25, -0.2) is 0 Å². The molecule has 0 aliphatic heterocycles. The van der Waals surface area contributed by atoms with Gasteiger partial charge < -0.3 is 9.64 Å². The van der Waals surface area contributed by atoms with Gasteiger partial charge in [-0.05, 0) is 20.0 Å². The summed E-state index contributed by atoms with van der Waals surface area (Å²) in [6.45, 7) is 5.01. The Morgan fingerprint density at radius 2 is 1.20 bits per heavy atom. The summed E-state index contributed by atoms with van der Waals surface area (Å²) in [7, 11) is -12.4. The predicted molar refractivity (Wildman–Crippen MR) is 121 cm³/mol. The van der Waals surface area contributed by atoms with Gasteiger partial charge in [-0.1, -0.05) is 71.3 Å². The average Bonchev–Trinajstić information content (AvgIpc) is 2.72. The smallest absolute Gasteiger partial charge is 0.441 e. The lowest BCUT2D eigenvalue weighted by Crippen LogP contribution is -2.46. The van der Waals surface area contributed by atoms with E-state index in [2.05, 4.69) is 13.5 Å². The highest BCUT2D eigenvalue weighted by molar-refractivity contribution is 7.98. The SMILES string of the molecule is C=CC(OCCN(C)CCCCCCCCCCCC)=[N+](S(=O)(=O)C(F)(F)F)S(=O)(=O)C(F)(F)F. The number of hydrogen-bond donors (Lipinski definition) is 0. The third-order valence-electron chi connectivity index (χ3n) is 4.99. The molecule has 0 aromatic rings.